The van der Waals surface area contributed by atoms with Crippen molar-refractivity contribution >= 4 is 11.7 Å². The number of aromatic nitrogens is 2. The van der Waals surface area contributed by atoms with Gasteiger partial charge in [0.05, 0.1) is 11.1 Å². The van der Waals surface area contributed by atoms with Crippen molar-refractivity contribution in [2.75, 3.05) is 44.2 Å². The molecular formula is C26H46N6O. The predicted octanol–water partition coefficient (Wildman–Crippen LogP) is 3.66. The predicted molar refractivity (Wildman–Crippen MR) is 135 cm³/mol. The highest BCUT2D eigenvalue weighted by molar-refractivity contribution is 5.75. The van der Waals surface area contributed by atoms with Gasteiger partial charge in [-0.15, -0.1) is 0 Å². The van der Waals surface area contributed by atoms with Gasteiger partial charge in [0.15, 0.2) is 0 Å². The minimum atomic E-state index is 0.218. The Morgan fingerprint density at radius 1 is 0.909 bits per heavy atom. The Hall–Kier alpha value is -1.73. The molecule has 186 valence electrons. The van der Waals surface area contributed by atoms with Crippen molar-refractivity contribution in [2.45, 2.75) is 97.3 Å². The number of likely N-dealkylation sites (tertiary alicyclic amines) is 3. The van der Waals surface area contributed by atoms with Crippen LogP contribution in [0.2, 0.25) is 0 Å². The minimum absolute atomic E-state index is 0.218. The fourth-order valence-electron chi connectivity index (χ4n) is 5.98. The maximum atomic E-state index is 11.4. The quantitative estimate of drug-likeness (QED) is 0.689. The number of carbonyl (C=O) groups is 1. The maximum Gasteiger partial charge on any atom is 0.219 e. The summed E-state index contributed by atoms with van der Waals surface area (Å²) in [6.07, 6.45) is 8.48. The second-order valence-electron chi connectivity index (χ2n) is 10.5. The molecule has 5 rings (SSSR count). The zero-order valence-electron chi connectivity index (χ0n) is 22.0. The SMILES string of the molecule is CC.CC(=O)N1CCCC12CN(C(C)C)C2.CC(C)N1CC2(CCCN2c2ccncn2)C1. The summed E-state index contributed by atoms with van der Waals surface area (Å²) in [6.45, 7) is 21.4. The van der Waals surface area contributed by atoms with Gasteiger partial charge >= 0.3 is 0 Å². The van der Waals surface area contributed by atoms with Gasteiger partial charge in [-0.3, -0.25) is 14.6 Å². The molecule has 5 heterocycles. The number of carbonyl (C=O) groups excluding carboxylic acids is 1. The molecule has 0 aliphatic carbocycles. The minimum Gasteiger partial charge on any atom is -0.348 e. The Morgan fingerprint density at radius 2 is 1.45 bits per heavy atom. The van der Waals surface area contributed by atoms with E-state index in [1.54, 1.807) is 13.3 Å². The smallest absolute Gasteiger partial charge is 0.219 e. The van der Waals surface area contributed by atoms with Crippen LogP contribution in [-0.4, -0.2) is 93.0 Å². The summed E-state index contributed by atoms with van der Waals surface area (Å²) in [4.78, 5) is 29.4. The van der Waals surface area contributed by atoms with Crippen LogP contribution in [-0.2, 0) is 4.79 Å². The average Bonchev–Trinajstić information content (AvgIpc) is 3.39. The fourth-order valence-corrected chi connectivity index (χ4v) is 5.98. The molecule has 4 fully saturated rings. The van der Waals surface area contributed by atoms with E-state index < -0.39 is 0 Å². The lowest BCUT2D eigenvalue weighted by atomic mass is 9.86. The number of hydrogen-bond acceptors (Lipinski definition) is 6. The molecule has 1 amide bonds. The van der Waals surface area contributed by atoms with Crippen molar-refractivity contribution in [2.24, 2.45) is 0 Å². The van der Waals surface area contributed by atoms with E-state index in [9.17, 15) is 4.79 Å². The molecule has 4 aliphatic heterocycles. The average molecular weight is 459 g/mol. The summed E-state index contributed by atoms with van der Waals surface area (Å²) >= 11 is 0. The Morgan fingerprint density at radius 3 is 1.97 bits per heavy atom. The van der Waals surface area contributed by atoms with E-state index in [-0.39, 0.29) is 11.4 Å². The van der Waals surface area contributed by atoms with E-state index in [1.807, 2.05) is 26.1 Å². The molecule has 0 saturated carbocycles. The van der Waals surface area contributed by atoms with Crippen LogP contribution in [0.1, 0.15) is 74.1 Å². The molecule has 0 N–H and O–H groups in total. The van der Waals surface area contributed by atoms with Gasteiger partial charge in [-0.1, -0.05) is 13.8 Å². The third-order valence-corrected chi connectivity index (χ3v) is 7.87. The van der Waals surface area contributed by atoms with Crippen molar-refractivity contribution < 1.29 is 4.79 Å². The number of rotatable bonds is 3. The largest absolute Gasteiger partial charge is 0.348 e. The van der Waals surface area contributed by atoms with E-state index in [2.05, 4.69) is 57.3 Å². The second-order valence-corrected chi connectivity index (χ2v) is 10.5. The van der Waals surface area contributed by atoms with Crippen LogP contribution < -0.4 is 4.90 Å². The fraction of sp³-hybridized carbons (Fsp3) is 0.808. The van der Waals surface area contributed by atoms with Gasteiger partial charge in [0.25, 0.3) is 0 Å². The van der Waals surface area contributed by atoms with Crippen molar-refractivity contribution in [1.29, 1.82) is 0 Å². The summed E-state index contributed by atoms with van der Waals surface area (Å²) < 4.78 is 0. The first-order valence-corrected chi connectivity index (χ1v) is 13.1. The maximum absolute atomic E-state index is 11.4. The summed E-state index contributed by atoms with van der Waals surface area (Å²) in [7, 11) is 0. The topological polar surface area (TPSA) is 55.8 Å². The van der Waals surface area contributed by atoms with Crippen molar-refractivity contribution in [1.82, 2.24) is 24.7 Å². The van der Waals surface area contributed by atoms with Crippen LogP contribution in [0.4, 0.5) is 5.82 Å². The van der Waals surface area contributed by atoms with Gasteiger partial charge < -0.3 is 9.80 Å². The highest BCUT2D eigenvalue weighted by Crippen LogP contribution is 2.40. The third kappa shape index (κ3) is 5.19. The van der Waals surface area contributed by atoms with Gasteiger partial charge in [-0.2, -0.15) is 0 Å². The standard InChI is InChI=1S/C13H20N4.C11H20N2O.C2H6/c1-11(2)16-8-13(9-16)5-3-7-17(13)12-4-6-14-10-15-12;1-9(2)12-7-11(8-12)5-4-6-13(11)10(3)14;1-2/h4,6,10-11H,3,5,7-9H2,1-2H3;9H,4-8H2,1-3H3;1-2H3. The molecular weight excluding hydrogens is 412 g/mol. The molecule has 1 aromatic rings. The molecule has 1 aromatic heterocycles. The van der Waals surface area contributed by atoms with E-state index in [0.717, 1.165) is 32.0 Å². The van der Waals surface area contributed by atoms with Crippen molar-refractivity contribution in [3.8, 4) is 0 Å². The molecule has 0 aromatic carbocycles. The van der Waals surface area contributed by atoms with Crippen molar-refractivity contribution in [3.63, 3.8) is 0 Å². The normalized spacial score (nSPS) is 23.2. The Bertz CT molecular complexity index is 755. The van der Waals surface area contributed by atoms with Crippen LogP contribution in [0.5, 0.6) is 0 Å². The van der Waals surface area contributed by atoms with Gasteiger partial charge in [0.2, 0.25) is 5.91 Å². The van der Waals surface area contributed by atoms with Crippen LogP contribution in [0.3, 0.4) is 0 Å². The van der Waals surface area contributed by atoms with E-state index in [1.165, 1.54) is 38.8 Å². The van der Waals surface area contributed by atoms with Crippen LogP contribution in [0, 0.1) is 0 Å². The third-order valence-electron chi connectivity index (χ3n) is 7.87. The summed E-state index contributed by atoms with van der Waals surface area (Å²) in [5, 5.41) is 0. The first-order chi connectivity index (χ1) is 15.8. The lowest BCUT2D eigenvalue weighted by Crippen LogP contribution is -2.69. The van der Waals surface area contributed by atoms with Crippen molar-refractivity contribution in [3.05, 3.63) is 18.6 Å². The van der Waals surface area contributed by atoms with Crippen LogP contribution >= 0.6 is 0 Å². The molecule has 33 heavy (non-hydrogen) atoms. The molecule has 0 radical (unpaired) electrons. The monoisotopic (exact) mass is 458 g/mol. The highest BCUT2D eigenvalue weighted by Gasteiger charge is 2.52. The molecule has 2 spiro atoms. The van der Waals surface area contributed by atoms with E-state index in [0.29, 0.717) is 17.6 Å². The molecule has 0 unspecified atom stereocenters. The summed E-state index contributed by atoms with van der Waals surface area (Å²) in [6, 6.07) is 3.31. The molecule has 0 bridgehead atoms. The Kier molecular flexibility index (Phi) is 8.38. The molecule has 4 saturated heterocycles. The number of nitrogens with zero attached hydrogens (tertiary/aromatic N) is 6. The molecule has 0 atom stereocenters. The first kappa shape index (κ1) is 25.9. The molecule has 7 nitrogen and oxygen atoms in total. The van der Waals surface area contributed by atoms with Crippen LogP contribution in [0.25, 0.3) is 0 Å². The van der Waals surface area contributed by atoms with Gasteiger partial charge in [0.1, 0.15) is 12.1 Å². The number of hydrogen-bond donors (Lipinski definition) is 0. The lowest BCUT2D eigenvalue weighted by Gasteiger charge is -2.54. The molecule has 7 heteroatoms. The van der Waals surface area contributed by atoms with E-state index >= 15 is 0 Å². The summed E-state index contributed by atoms with van der Waals surface area (Å²) in [5.41, 5.74) is 0.578. The van der Waals surface area contributed by atoms with Gasteiger partial charge in [-0.05, 0) is 59.4 Å². The second kappa shape index (κ2) is 10.7. The summed E-state index contributed by atoms with van der Waals surface area (Å²) in [5.74, 6) is 1.35. The van der Waals surface area contributed by atoms with Gasteiger partial charge in [-0.25, -0.2) is 9.97 Å². The first-order valence-electron chi connectivity index (χ1n) is 13.1. The number of anilines is 1. The van der Waals surface area contributed by atoms with Gasteiger partial charge in [0, 0.05) is 64.5 Å². The highest BCUT2D eigenvalue weighted by atomic mass is 16.2. The van der Waals surface area contributed by atoms with Crippen LogP contribution in [0.15, 0.2) is 18.6 Å². The Labute approximate surface area is 201 Å². The molecule has 4 aliphatic rings. The zero-order valence-corrected chi connectivity index (χ0v) is 22.0. The zero-order chi connectivity index (χ0) is 24.2. The van der Waals surface area contributed by atoms with E-state index in [4.69, 9.17) is 0 Å². The number of amides is 1. The lowest BCUT2D eigenvalue weighted by molar-refractivity contribution is -0.141. The Balaban J connectivity index is 0.000000176.